The number of carbonyl (C=O) groups is 3. The summed E-state index contributed by atoms with van der Waals surface area (Å²) >= 11 is 0. The van der Waals surface area contributed by atoms with Crippen molar-refractivity contribution in [2.45, 2.75) is 71.6 Å². The van der Waals surface area contributed by atoms with E-state index in [-0.39, 0.29) is 35.4 Å². The number of alkyl halides is 3. The predicted molar refractivity (Wildman–Crippen MR) is 138 cm³/mol. The van der Waals surface area contributed by atoms with E-state index >= 15 is 0 Å². The van der Waals surface area contributed by atoms with Crippen molar-refractivity contribution in [2.24, 2.45) is 16.3 Å². The molecule has 38 heavy (non-hydrogen) atoms. The minimum Gasteiger partial charge on any atom is -0.469 e. The fourth-order valence-corrected chi connectivity index (χ4v) is 5.16. The van der Waals surface area contributed by atoms with Crippen LogP contribution in [0.5, 0.6) is 0 Å². The average Bonchev–Trinajstić information content (AvgIpc) is 3.11. The highest BCUT2D eigenvalue weighted by Gasteiger charge is 2.50. The number of halogens is 3. The number of allylic oxidation sites excluding steroid dienone is 2. The van der Waals surface area contributed by atoms with Crippen LogP contribution in [0.15, 0.2) is 53.1 Å². The quantitative estimate of drug-likeness (QED) is 0.249. The number of ether oxygens (including phenoxy) is 1. The van der Waals surface area contributed by atoms with Crippen LogP contribution in [0.1, 0.15) is 70.9 Å². The standard InChI is InChI=1S/C29H35F3N2O4/c1-6-19(9-8-12-24(36)38-5)23(35)18-34-26(37)25(20-10-7-11-22(17-20)29(30,31)32)33-28(34)15-13-21(14-16-28)27(2,3)4/h6-11,17,21H,12-16,18H2,1-5H3/b9-8-,19-6+. The molecule has 2 aliphatic rings. The maximum absolute atomic E-state index is 13.7. The molecule has 0 unspecified atom stereocenters. The van der Waals surface area contributed by atoms with Gasteiger partial charge in [0.1, 0.15) is 11.4 Å². The number of rotatable bonds is 7. The van der Waals surface area contributed by atoms with Crippen LogP contribution in [-0.2, 0) is 25.3 Å². The second-order valence-electron chi connectivity index (χ2n) is 10.9. The molecular weight excluding hydrogens is 497 g/mol. The van der Waals surface area contributed by atoms with Gasteiger partial charge in [-0.2, -0.15) is 13.2 Å². The molecule has 6 nitrogen and oxygen atoms in total. The Hall–Kier alpha value is -3.23. The van der Waals surface area contributed by atoms with Crippen LogP contribution in [0, 0.1) is 11.3 Å². The smallest absolute Gasteiger partial charge is 0.416 e. The third kappa shape index (κ3) is 6.42. The molecule has 1 amide bonds. The predicted octanol–water partition coefficient (Wildman–Crippen LogP) is 5.90. The molecule has 0 atom stereocenters. The van der Waals surface area contributed by atoms with Crippen LogP contribution in [0.2, 0.25) is 0 Å². The topological polar surface area (TPSA) is 76.0 Å². The van der Waals surface area contributed by atoms with E-state index in [1.165, 1.54) is 36.3 Å². The van der Waals surface area contributed by atoms with Gasteiger partial charge in [-0.15, -0.1) is 0 Å². The Morgan fingerprint density at radius 2 is 1.84 bits per heavy atom. The maximum Gasteiger partial charge on any atom is 0.416 e. The minimum absolute atomic E-state index is 0.00923. The number of amides is 1. The number of aliphatic imine (C=N–C) groups is 1. The van der Waals surface area contributed by atoms with Gasteiger partial charge in [0.05, 0.1) is 25.6 Å². The van der Waals surface area contributed by atoms with Crippen molar-refractivity contribution in [1.29, 1.82) is 0 Å². The van der Waals surface area contributed by atoms with E-state index in [9.17, 15) is 27.6 Å². The highest BCUT2D eigenvalue weighted by molar-refractivity contribution is 6.47. The monoisotopic (exact) mass is 532 g/mol. The van der Waals surface area contributed by atoms with Gasteiger partial charge in [0.2, 0.25) is 0 Å². The molecule has 1 aromatic carbocycles. The van der Waals surface area contributed by atoms with E-state index in [1.807, 2.05) is 0 Å². The summed E-state index contributed by atoms with van der Waals surface area (Å²) in [5.41, 5.74) is -1.46. The first-order chi connectivity index (χ1) is 17.7. The van der Waals surface area contributed by atoms with E-state index < -0.39 is 29.3 Å². The summed E-state index contributed by atoms with van der Waals surface area (Å²) in [6, 6.07) is 4.59. The van der Waals surface area contributed by atoms with E-state index in [4.69, 9.17) is 4.99 Å². The number of carbonyl (C=O) groups excluding carboxylic acids is 3. The molecular formula is C29H35F3N2O4. The molecule has 1 heterocycles. The van der Waals surface area contributed by atoms with Gasteiger partial charge in [-0.1, -0.05) is 51.1 Å². The number of hydrogen-bond acceptors (Lipinski definition) is 5. The zero-order chi connectivity index (χ0) is 28.3. The SMILES string of the molecule is C/C=C(\C=C/CC(=O)OC)C(=O)CN1C(=O)C(c2cccc(C(F)(F)F)c2)=NC12CCC(C(C)(C)C)CC2. The Labute approximate surface area is 221 Å². The second kappa shape index (κ2) is 11.3. The zero-order valence-corrected chi connectivity index (χ0v) is 22.5. The Morgan fingerprint density at radius 1 is 1.18 bits per heavy atom. The Morgan fingerprint density at radius 3 is 2.39 bits per heavy atom. The van der Waals surface area contributed by atoms with Gasteiger partial charge in [0, 0.05) is 11.1 Å². The fraction of sp³-hybridized carbons (Fsp3) is 0.517. The molecule has 0 bridgehead atoms. The lowest BCUT2D eigenvalue weighted by molar-refractivity contribution is -0.139. The van der Waals surface area contributed by atoms with Crippen molar-refractivity contribution in [3.8, 4) is 0 Å². The molecule has 1 spiro atoms. The van der Waals surface area contributed by atoms with Crippen molar-refractivity contribution < 1.29 is 32.3 Å². The lowest BCUT2D eigenvalue weighted by Crippen LogP contribution is -2.51. The van der Waals surface area contributed by atoms with Crippen molar-refractivity contribution in [2.75, 3.05) is 13.7 Å². The normalized spacial score (nSPS) is 22.8. The zero-order valence-electron chi connectivity index (χ0n) is 22.5. The Balaban J connectivity index is 1.94. The third-order valence-electron chi connectivity index (χ3n) is 7.49. The number of ketones is 1. The van der Waals surface area contributed by atoms with Crippen LogP contribution in [-0.4, -0.2) is 47.6 Å². The van der Waals surface area contributed by atoms with Gasteiger partial charge < -0.3 is 9.64 Å². The van der Waals surface area contributed by atoms with Crippen LogP contribution in [0.4, 0.5) is 13.2 Å². The van der Waals surface area contributed by atoms with Gasteiger partial charge in [0.15, 0.2) is 5.78 Å². The molecule has 0 saturated heterocycles. The van der Waals surface area contributed by atoms with Gasteiger partial charge in [-0.3, -0.25) is 19.4 Å². The number of nitrogens with zero attached hydrogens (tertiary/aromatic N) is 2. The van der Waals surface area contributed by atoms with Gasteiger partial charge >= 0.3 is 12.1 Å². The van der Waals surface area contributed by atoms with E-state index in [0.717, 1.165) is 25.0 Å². The number of hydrogen-bond donors (Lipinski definition) is 0. The number of methoxy groups -OCH3 is 1. The van der Waals surface area contributed by atoms with Crippen LogP contribution in [0.3, 0.4) is 0 Å². The number of benzene rings is 1. The van der Waals surface area contributed by atoms with Crippen molar-refractivity contribution in [1.82, 2.24) is 4.90 Å². The third-order valence-corrected chi connectivity index (χ3v) is 7.49. The molecule has 9 heteroatoms. The molecule has 1 aliphatic carbocycles. The number of esters is 1. The highest BCUT2D eigenvalue weighted by atomic mass is 19.4. The Bertz CT molecular complexity index is 1170. The average molecular weight is 533 g/mol. The summed E-state index contributed by atoms with van der Waals surface area (Å²) in [6.07, 6.45) is 2.62. The molecule has 0 radical (unpaired) electrons. The first-order valence-corrected chi connectivity index (χ1v) is 12.7. The van der Waals surface area contributed by atoms with E-state index in [2.05, 4.69) is 25.5 Å². The molecule has 0 aromatic heterocycles. The second-order valence-corrected chi connectivity index (χ2v) is 10.9. The minimum atomic E-state index is -4.56. The molecule has 1 aromatic rings. The van der Waals surface area contributed by atoms with Gasteiger partial charge in [0.25, 0.3) is 5.91 Å². The summed E-state index contributed by atoms with van der Waals surface area (Å²) in [6.45, 7) is 7.89. The summed E-state index contributed by atoms with van der Waals surface area (Å²) in [7, 11) is 1.27. The van der Waals surface area contributed by atoms with Crippen LogP contribution >= 0.6 is 0 Å². The summed E-state index contributed by atoms with van der Waals surface area (Å²) < 4.78 is 44.8. The van der Waals surface area contributed by atoms with Gasteiger partial charge in [-0.25, -0.2) is 0 Å². The summed E-state index contributed by atoms with van der Waals surface area (Å²) in [5, 5.41) is 0. The first-order valence-electron chi connectivity index (χ1n) is 12.7. The summed E-state index contributed by atoms with van der Waals surface area (Å²) in [5.74, 6) is -0.964. The number of Topliss-reactive ketones (excluding diaryl/α,β-unsaturated/α-hetero) is 1. The van der Waals surface area contributed by atoms with Crippen LogP contribution in [0.25, 0.3) is 0 Å². The lowest BCUT2D eigenvalue weighted by atomic mass is 9.69. The summed E-state index contributed by atoms with van der Waals surface area (Å²) in [4.78, 5) is 44.5. The maximum atomic E-state index is 13.7. The molecule has 3 rings (SSSR count). The van der Waals surface area contributed by atoms with Crippen LogP contribution < -0.4 is 0 Å². The Kier molecular flexibility index (Phi) is 8.68. The highest BCUT2D eigenvalue weighted by Crippen LogP contribution is 2.46. The molecule has 1 saturated carbocycles. The van der Waals surface area contributed by atoms with Crippen molar-refractivity contribution >= 4 is 23.4 Å². The van der Waals surface area contributed by atoms with Gasteiger partial charge in [-0.05, 0) is 56.1 Å². The lowest BCUT2D eigenvalue weighted by Gasteiger charge is -2.44. The fourth-order valence-electron chi connectivity index (χ4n) is 5.16. The molecule has 206 valence electrons. The van der Waals surface area contributed by atoms with Crippen molar-refractivity contribution in [3.05, 3.63) is 59.2 Å². The largest absolute Gasteiger partial charge is 0.469 e. The van der Waals surface area contributed by atoms with E-state index in [0.29, 0.717) is 24.3 Å². The molecule has 1 aliphatic heterocycles. The van der Waals surface area contributed by atoms with E-state index in [1.54, 1.807) is 13.0 Å². The first kappa shape index (κ1) is 29.3. The molecule has 1 fully saturated rings. The van der Waals surface area contributed by atoms with Crippen molar-refractivity contribution in [3.63, 3.8) is 0 Å². The molecule has 0 N–H and O–H groups in total.